The lowest BCUT2D eigenvalue weighted by Gasteiger charge is -2.28. The topological polar surface area (TPSA) is 64.7 Å². The molecule has 0 aromatic heterocycles. The molecule has 1 fully saturated rings. The van der Waals surface area contributed by atoms with E-state index in [0.29, 0.717) is 18.2 Å². The molecular weight excluding hydrogens is 360 g/mol. The highest BCUT2D eigenvalue weighted by molar-refractivity contribution is 7.98. The molecule has 0 aliphatic carbocycles. The largest absolute Gasteiger partial charge is 0.331 e. The van der Waals surface area contributed by atoms with Crippen molar-refractivity contribution in [1.29, 1.82) is 0 Å². The lowest BCUT2D eigenvalue weighted by Crippen LogP contribution is -2.44. The van der Waals surface area contributed by atoms with E-state index in [9.17, 15) is 9.59 Å². The van der Waals surface area contributed by atoms with Gasteiger partial charge in [0.1, 0.15) is 0 Å². The second-order valence-electron chi connectivity index (χ2n) is 7.31. The number of likely N-dealkylation sites (tertiary alicyclic amines) is 1. The van der Waals surface area contributed by atoms with Crippen LogP contribution in [0.3, 0.4) is 0 Å². The number of thioether (sulfide) groups is 1. The van der Waals surface area contributed by atoms with Crippen molar-refractivity contribution < 1.29 is 9.59 Å². The number of hydrogen-bond acceptors (Lipinski definition) is 4. The first-order valence-corrected chi connectivity index (χ1v) is 10.8. The summed E-state index contributed by atoms with van der Waals surface area (Å²) in [6, 6.07) is 7.86. The van der Waals surface area contributed by atoms with Gasteiger partial charge in [0.2, 0.25) is 0 Å². The average molecular weight is 387 g/mol. The Kier molecular flexibility index (Phi) is 5.14. The van der Waals surface area contributed by atoms with Crippen LogP contribution in [0.25, 0.3) is 0 Å². The number of urea groups is 1. The predicted molar refractivity (Wildman–Crippen MR) is 107 cm³/mol. The van der Waals surface area contributed by atoms with Gasteiger partial charge in [-0.2, -0.15) is 0 Å². The van der Waals surface area contributed by atoms with E-state index in [-0.39, 0.29) is 18.0 Å². The zero-order valence-corrected chi connectivity index (χ0v) is 16.6. The number of carbonyl (C=O) groups excluding carboxylic acids is 2. The van der Waals surface area contributed by atoms with E-state index < -0.39 is 0 Å². The summed E-state index contributed by atoms with van der Waals surface area (Å²) in [6.45, 7) is 5.52. The van der Waals surface area contributed by atoms with Gasteiger partial charge in [-0.3, -0.25) is 9.69 Å². The van der Waals surface area contributed by atoms with E-state index in [1.807, 2.05) is 35.4 Å². The molecule has 0 radical (unpaired) electrons. The van der Waals surface area contributed by atoms with Gasteiger partial charge in [0.25, 0.3) is 5.91 Å². The Morgan fingerprint density at radius 3 is 2.70 bits per heavy atom. The number of rotatable bonds is 5. The summed E-state index contributed by atoms with van der Waals surface area (Å²) in [6.07, 6.45) is 4.35. The fraction of sp³-hybridized carbons (Fsp3) is 0.500. The Labute approximate surface area is 164 Å². The van der Waals surface area contributed by atoms with Crippen LogP contribution in [0.1, 0.15) is 31.4 Å². The molecule has 6 nitrogen and oxygen atoms in total. The highest BCUT2D eigenvalue weighted by atomic mass is 32.2. The van der Waals surface area contributed by atoms with Crippen LogP contribution in [0.5, 0.6) is 0 Å². The lowest BCUT2D eigenvalue weighted by atomic mass is 9.96. The summed E-state index contributed by atoms with van der Waals surface area (Å²) in [5, 5.41) is 5.79. The molecule has 27 heavy (non-hydrogen) atoms. The zero-order chi connectivity index (χ0) is 19.0. The minimum Gasteiger partial charge on any atom is -0.331 e. The molecule has 3 aliphatic rings. The van der Waals surface area contributed by atoms with Crippen molar-refractivity contribution in [3.8, 4) is 0 Å². The molecule has 7 heteroatoms. The molecule has 0 spiro atoms. The third-order valence-electron chi connectivity index (χ3n) is 5.81. The van der Waals surface area contributed by atoms with Crippen LogP contribution >= 0.6 is 11.8 Å². The number of likely N-dealkylation sites (N-methyl/N-ethyl adjacent to an activating group) is 1. The number of benzene rings is 1. The molecule has 3 heterocycles. The minimum atomic E-state index is -0.381. The maximum Gasteiger partial charge on any atom is 0.319 e. The first kappa shape index (κ1) is 18.4. The van der Waals surface area contributed by atoms with E-state index in [4.69, 9.17) is 0 Å². The van der Waals surface area contributed by atoms with Crippen molar-refractivity contribution in [3.63, 3.8) is 0 Å². The van der Waals surface area contributed by atoms with E-state index >= 15 is 0 Å². The molecule has 1 aromatic carbocycles. The maximum atomic E-state index is 13.2. The Morgan fingerprint density at radius 2 is 2.00 bits per heavy atom. The van der Waals surface area contributed by atoms with E-state index in [1.165, 1.54) is 6.42 Å². The predicted octanol–water partition coefficient (Wildman–Crippen LogP) is 2.34. The highest BCUT2D eigenvalue weighted by Crippen LogP contribution is 2.34. The van der Waals surface area contributed by atoms with Crippen LogP contribution in [0, 0.1) is 0 Å². The third kappa shape index (κ3) is 3.46. The standard InChI is InChI=1S/C20H26N4O2S/c1-3-23-10-4-5-14(23)11-24-12-16-17(19(24)25)18(22-20(26)21-16)13-6-8-15(27-2)9-7-13/h6-9,14,18H,3-5,10-12H2,1-2H3,(H2,21,22,26)/t14-,18+/m0/s1. The Morgan fingerprint density at radius 1 is 1.22 bits per heavy atom. The quantitative estimate of drug-likeness (QED) is 0.763. The van der Waals surface area contributed by atoms with Crippen molar-refractivity contribution in [2.75, 3.05) is 32.4 Å². The van der Waals surface area contributed by atoms with Gasteiger partial charge in [-0.25, -0.2) is 4.79 Å². The van der Waals surface area contributed by atoms with E-state index in [1.54, 1.807) is 11.8 Å². The molecule has 144 valence electrons. The fourth-order valence-corrected chi connectivity index (χ4v) is 4.80. The van der Waals surface area contributed by atoms with Crippen LogP contribution in [-0.2, 0) is 4.79 Å². The Balaban J connectivity index is 1.56. The Hall–Kier alpha value is -1.99. The summed E-state index contributed by atoms with van der Waals surface area (Å²) in [4.78, 5) is 30.9. The maximum absolute atomic E-state index is 13.2. The van der Waals surface area contributed by atoms with E-state index in [2.05, 4.69) is 22.5 Å². The van der Waals surface area contributed by atoms with Gasteiger partial charge in [0, 0.05) is 17.5 Å². The number of carbonyl (C=O) groups is 2. The molecular formula is C20H26N4O2S. The lowest BCUT2D eigenvalue weighted by molar-refractivity contribution is -0.126. The molecule has 3 aliphatic heterocycles. The zero-order valence-electron chi connectivity index (χ0n) is 15.8. The van der Waals surface area contributed by atoms with E-state index in [0.717, 1.165) is 42.2 Å². The van der Waals surface area contributed by atoms with Gasteiger partial charge in [0.05, 0.1) is 23.9 Å². The van der Waals surface area contributed by atoms with Gasteiger partial charge in [0.15, 0.2) is 0 Å². The van der Waals surface area contributed by atoms with Gasteiger partial charge >= 0.3 is 6.03 Å². The van der Waals surface area contributed by atoms with Gasteiger partial charge in [-0.1, -0.05) is 19.1 Å². The molecule has 0 bridgehead atoms. The first-order valence-electron chi connectivity index (χ1n) is 9.58. The van der Waals surface area contributed by atoms with Crippen LogP contribution in [-0.4, -0.2) is 60.2 Å². The molecule has 4 rings (SSSR count). The summed E-state index contributed by atoms with van der Waals surface area (Å²) in [5.41, 5.74) is 2.39. The normalized spacial score (nSPS) is 25.6. The van der Waals surface area contributed by atoms with Crippen LogP contribution < -0.4 is 10.6 Å². The Bertz CT molecular complexity index is 777. The molecule has 1 aromatic rings. The van der Waals surface area contributed by atoms with Gasteiger partial charge in [-0.05, 0) is 49.9 Å². The first-order chi connectivity index (χ1) is 13.1. The second kappa shape index (κ2) is 7.56. The second-order valence-corrected chi connectivity index (χ2v) is 8.19. The van der Waals surface area contributed by atoms with Crippen molar-refractivity contribution >= 4 is 23.7 Å². The van der Waals surface area contributed by atoms with Crippen LogP contribution in [0.15, 0.2) is 40.4 Å². The molecule has 2 N–H and O–H groups in total. The molecule has 1 saturated heterocycles. The smallest absolute Gasteiger partial charge is 0.319 e. The van der Waals surface area contributed by atoms with Crippen molar-refractivity contribution in [2.24, 2.45) is 0 Å². The number of nitrogens with one attached hydrogen (secondary N) is 2. The number of nitrogens with zero attached hydrogens (tertiary/aromatic N) is 2. The minimum absolute atomic E-state index is 0.0411. The van der Waals surface area contributed by atoms with Crippen molar-refractivity contribution in [1.82, 2.24) is 20.4 Å². The van der Waals surface area contributed by atoms with Gasteiger partial charge in [-0.15, -0.1) is 11.8 Å². The van der Waals surface area contributed by atoms with Crippen molar-refractivity contribution in [3.05, 3.63) is 41.1 Å². The monoisotopic (exact) mass is 386 g/mol. The number of amides is 3. The van der Waals surface area contributed by atoms with Crippen LogP contribution in [0.4, 0.5) is 4.79 Å². The van der Waals surface area contributed by atoms with Crippen LogP contribution in [0.2, 0.25) is 0 Å². The summed E-state index contributed by atoms with van der Waals surface area (Å²) in [7, 11) is 0. The van der Waals surface area contributed by atoms with Crippen molar-refractivity contribution in [2.45, 2.75) is 36.7 Å². The average Bonchev–Trinajstić information content (AvgIpc) is 3.25. The molecule has 2 atom stereocenters. The SMILES string of the molecule is CCN1CCC[C@H]1CN1CC2=C(C1=O)[C@@H](c1ccc(SC)cc1)NC(=O)N2. The molecule has 0 saturated carbocycles. The summed E-state index contributed by atoms with van der Waals surface area (Å²) < 4.78 is 0. The summed E-state index contributed by atoms with van der Waals surface area (Å²) in [5.74, 6) is 0.0411. The fourth-order valence-electron chi connectivity index (χ4n) is 4.39. The summed E-state index contributed by atoms with van der Waals surface area (Å²) >= 11 is 1.67. The third-order valence-corrected chi connectivity index (χ3v) is 6.55. The molecule has 0 unspecified atom stereocenters. The number of hydrogen-bond donors (Lipinski definition) is 2. The van der Waals surface area contributed by atoms with Gasteiger partial charge < -0.3 is 15.5 Å². The highest BCUT2D eigenvalue weighted by Gasteiger charge is 2.41. The molecule has 3 amide bonds.